The van der Waals surface area contributed by atoms with Gasteiger partial charge in [0.1, 0.15) is 0 Å². The summed E-state index contributed by atoms with van der Waals surface area (Å²) in [7, 11) is 0. The summed E-state index contributed by atoms with van der Waals surface area (Å²) < 4.78 is 0. The van der Waals surface area contributed by atoms with E-state index in [9.17, 15) is 14.4 Å². The smallest absolute Gasteiger partial charge is 0.304 e. The van der Waals surface area contributed by atoms with Gasteiger partial charge in [-0.15, -0.1) is 0 Å². The second-order valence-corrected chi connectivity index (χ2v) is 9.63. The van der Waals surface area contributed by atoms with Crippen molar-refractivity contribution < 1.29 is 19.5 Å². The first kappa shape index (κ1) is 31.6. The third kappa shape index (κ3) is 19.1. The van der Waals surface area contributed by atoms with Crippen molar-refractivity contribution in [1.82, 2.24) is 0 Å². The van der Waals surface area contributed by atoms with Crippen molar-refractivity contribution in [3.05, 3.63) is 35.9 Å². The molecule has 2 fully saturated rings. The Labute approximate surface area is 206 Å². The van der Waals surface area contributed by atoms with E-state index in [2.05, 4.69) is 43.8 Å². The average Bonchev–Trinajstić information content (AvgIpc) is 2.80. The van der Waals surface area contributed by atoms with Gasteiger partial charge in [-0.2, -0.15) is 0 Å². The summed E-state index contributed by atoms with van der Waals surface area (Å²) in [5.74, 6) is -0.687. The van der Waals surface area contributed by atoms with Crippen LogP contribution in [-0.4, -0.2) is 22.9 Å². The van der Waals surface area contributed by atoms with Crippen molar-refractivity contribution in [2.45, 2.75) is 104 Å². The van der Waals surface area contributed by atoms with Gasteiger partial charge in [0.15, 0.2) is 0 Å². The standard InChI is InChI=1S/C11H19NO3.C8H10.C7H14.C2H5NO/c12-11(15)9(7-10(13)14)6-8-4-2-1-3-5-8;1-2-8-6-4-3-5-7-8;1-7-5-3-2-4-6-7;1-2(3)4/h8-9H,1-7H2,(H2,12,15)(H,13,14);3-7H,2H2,1H3;7H,2-6H2,1H3;1H3,(H2,3,4). The fourth-order valence-electron chi connectivity index (χ4n) is 4.36. The number of carbonyl (C=O) groups excluding carboxylic acids is 2. The van der Waals surface area contributed by atoms with Crippen molar-refractivity contribution in [2.75, 3.05) is 0 Å². The van der Waals surface area contributed by atoms with Gasteiger partial charge in [0.05, 0.1) is 6.42 Å². The van der Waals surface area contributed by atoms with Crippen molar-refractivity contribution in [1.29, 1.82) is 0 Å². The maximum absolute atomic E-state index is 11.1. The highest BCUT2D eigenvalue weighted by molar-refractivity contribution is 5.81. The van der Waals surface area contributed by atoms with Crippen molar-refractivity contribution in [2.24, 2.45) is 29.2 Å². The van der Waals surface area contributed by atoms with Crippen molar-refractivity contribution in [3.8, 4) is 0 Å². The fourth-order valence-corrected chi connectivity index (χ4v) is 4.36. The molecule has 194 valence electrons. The second kappa shape index (κ2) is 20.0. The highest BCUT2D eigenvalue weighted by Crippen LogP contribution is 2.30. The first-order valence-electron chi connectivity index (χ1n) is 13.0. The van der Waals surface area contributed by atoms with Gasteiger partial charge in [0.2, 0.25) is 11.8 Å². The molecule has 0 aliphatic heterocycles. The van der Waals surface area contributed by atoms with Crippen LogP contribution in [-0.2, 0) is 20.8 Å². The predicted molar refractivity (Wildman–Crippen MR) is 139 cm³/mol. The van der Waals surface area contributed by atoms with Crippen LogP contribution in [0, 0.1) is 17.8 Å². The quantitative estimate of drug-likeness (QED) is 0.475. The number of hydrogen-bond acceptors (Lipinski definition) is 3. The van der Waals surface area contributed by atoms with E-state index in [1.165, 1.54) is 63.9 Å². The van der Waals surface area contributed by atoms with Gasteiger partial charge in [-0.05, 0) is 30.2 Å². The van der Waals surface area contributed by atoms with Crippen LogP contribution in [0.15, 0.2) is 30.3 Å². The maximum Gasteiger partial charge on any atom is 0.304 e. The summed E-state index contributed by atoms with van der Waals surface area (Å²) in [6.45, 7) is 5.83. The van der Waals surface area contributed by atoms with E-state index in [4.69, 9.17) is 10.8 Å². The summed E-state index contributed by atoms with van der Waals surface area (Å²) in [6.07, 6.45) is 15.0. The monoisotopic (exact) mass is 476 g/mol. The summed E-state index contributed by atoms with van der Waals surface area (Å²) in [6, 6.07) is 10.5. The Hall–Kier alpha value is -2.37. The zero-order valence-electron chi connectivity index (χ0n) is 21.6. The number of primary amides is 2. The van der Waals surface area contributed by atoms with E-state index in [1.54, 1.807) is 0 Å². The molecule has 0 spiro atoms. The lowest BCUT2D eigenvalue weighted by molar-refractivity contribution is -0.140. The number of amides is 2. The Morgan fingerprint density at radius 3 is 1.71 bits per heavy atom. The number of carboxylic acid groups (broad SMARTS) is 1. The number of carboxylic acids is 1. The Kier molecular flexibility index (Phi) is 18.6. The molecule has 34 heavy (non-hydrogen) atoms. The van der Waals surface area contributed by atoms with Crippen LogP contribution in [0.1, 0.15) is 103 Å². The molecule has 0 heterocycles. The van der Waals surface area contributed by atoms with Crippen LogP contribution in [0.4, 0.5) is 0 Å². The number of nitrogens with two attached hydrogens (primary N) is 2. The van der Waals surface area contributed by atoms with Gasteiger partial charge in [-0.3, -0.25) is 14.4 Å². The SMILES string of the molecule is CC(N)=O.CC1CCCCC1.CCc1ccccc1.NC(=O)C(CC(=O)O)CC1CCCCC1. The largest absolute Gasteiger partial charge is 0.481 e. The van der Waals surface area contributed by atoms with E-state index < -0.39 is 17.8 Å². The van der Waals surface area contributed by atoms with E-state index >= 15 is 0 Å². The lowest BCUT2D eigenvalue weighted by atomic mass is 9.81. The highest BCUT2D eigenvalue weighted by Gasteiger charge is 2.24. The zero-order chi connectivity index (χ0) is 25.8. The molecule has 1 unspecified atom stereocenters. The Balaban J connectivity index is 0.000000481. The average molecular weight is 477 g/mol. The molecule has 6 nitrogen and oxygen atoms in total. The second-order valence-electron chi connectivity index (χ2n) is 9.63. The van der Waals surface area contributed by atoms with Crippen molar-refractivity contribution >= 4 is 17.8 Å². The number of aliphatic carboxylic acids is 1. The lowest BCUT2D eigenvalue weighted by Crippen LogP contribution is -2.28. The molecule has 1 atom stereocenters. The first-order chi connectivity index (χ1) is 16.1. The number of benzene rings is 1. The zero-order valence-corrected chi connectivity index (χ0v) is 21.6. The summed E-state index contributed by atoms with van der Waals surface area (Å²) in [5.41, 5.74) is 11.1. The number of carbonyl (C=O) groups is 3. The van der Waals surface area contributed by atoms with Gasteiger partial charge in [-0.25, -0.2) is 0 Å². The molecule has 6 heteroatoms. The third-order valence-corrected chi connectivity index (χ3v) is 6.31. The van der Waals surface area contributed by atoms with Crippen LogP contribution < -0.4 is 11.5 Å². The normalized spacial score (nSPS) is 16.8. The number of hydrogen-bond donors (Lipinski definition) is 3. The van der Waals surface area contributed by atoms with Crippen LogP contribution in [0.5, 0.6) is 0 Å². The minimum atomic E-state index is -0.936. The van der Waals surface area contributed by atoms with Crippen LogP contribution in [0.2, 0.25) is 0 Å². The van der Waals surface area contributed by atoms with Gasteiger partial charge in [-0.1, -0.05) is 108 Å². The Bertz CT molecular complexity index is 662. The van der Waals surface area contributed by atoms with Crippen LogP contribution in [0.25, 0.3) is 0 Å². The summed E-state index contributed by atoms with van der Waals surface area (Å²) >= 11 is 0. The fraction of sp³-hybridized carbons (Fsp3) is 0.679. The molecule has 0 aromatic heterocycles. The van der Waals surface area contributed by atoms with Crippen LogP contribution in [0.3, 0.4) is 0 Å². The minimum Gasteiger partial charge on any atom is -0.481 e. The van der Waals surface area contributed by atoms with Gasteiger partial charge in [0, 0.05) is 12.8 Å². The lowest BCUT2D eigenvalue weighted by Gasteiger charge is -2.24. The molecule has 0 bridgehead atoms. The molecule has 2 aliphatic carbocycles. The highest BCUT2D eigenvalue weighted by atomic mass is 16.4. The minimum absolute atomic E-state index is 0.119. The summed E-state index contributed by atoms with van der Waals surface area (Å²) in [4.78, 5) is 30.8. The topological polar surface area (TPSA) is 123 Å². The molecule has 2 aliphatic rings. The Morgan fingerprint density at radius 2 is 1.38 bits per heavy atom. The van der Waals surface area contributed by atoms with Crippen molar-refractivity contribution in [3.63, 3.8) is 0 Å². The molecule has 1 aromatic rings. The Morgan fingerprint density at radius 1 is 0.912 bits per heavy atom. The maximum atomic E-state index is 11.1. The van der Waals surface area contributed by atoms with E-state index in [0.29, 0.717) is 12.3 Å². The molecule has 1 aromatic carbocycles. The predicted octanol–water partition coefficient (Wildman–Crippen LogP) is 5.86. The van der Waals surface area contributed by atoms with E-state index in [1.807, 2.05) is 6.07 Å². The molecule has 0 radical (unpaired) electrons. The van der Waals surface area contributed by atoms with Gasteiger partial charge >= 0.3 is 5.97 Å². The van der Waals surface area contributed by atoms with E-state index in [-0.39, 0.29) is 12.3 Å². The van der Waals surface area contributed by atoms with E-state index in [0.717, 1.165) is 25.2 Å². The molecular weight excluding hydrogens is 428 g/mol. The molecule has 2 saturated carbocycles. The molecule has 2 amide bonds. The molecular formula is C28H48N2O4. The molecule has 0 saturated heterocycles. The van der Waals surface area contributed by atoms with Gasteiger partial charge in [0.25, 0.3) is 0 Å². The summed E-state index contributed by atoms with van der Waals surface area (Å²) in [5, 5.41) is 8.65. The molecule has 5 N–H and O–H groups in total. The van der Waals surface area contributed by atoms with Crippen LogP contribution >= 0.6 is 0 Å². The van der Waals surface area contributed by atoms with Gasteiger partial charge < -0.3 is 16.6 Å². The number of aryl methyl sites for hydroxylation is 1. The first-order valence-corrected chi connectivity index (χ1v) is 13.0. The third-order valence-electron chi connectivity index (χ3n) is 6.31. The molecule has 3 rings (SSSR count). The number of rotatable bonds is 6.